The van der Waals surface area contributed by atoms with Gasteiger partial charge in [0, 0.05) is 13.7 Å². The average Bonchev–Trinajstić information content (AvgIpc) is 2.89. The average molecular weight is 499 g/mol. The molecular weight excluding hydrogens is 452 g/mol. The molecule has 0 N–H and O–H groups in total. The summed E-state index contributed by atoms with van der Waals surface area (Å²) in [6.45, 7) is 8.24. The van der Waals surface area contributed by atoms with Gasteiger partial charge in [-0.3, -0.25) is 0 Å². The number of hydrogen-bond acceptors (Lipinski definition) is 5. The lowest BCUT2D eigenvalue weighted by Gasteiger charge is -2.46. The molecule has 1 heterocycles. The second kappa shape index (κ2) is 16.2. The van der Waals surface area contributed by atoms with Gasteiger partial charge in [-0.1, -0.05) is 107 Å². The maximum atomic E-state index is 6.56. The largest absolute Gasteiger partial charge is 0.376 e. The zero-order valence-electron chi connectivity index (χ0n) is 22.6. The summed E-state index contributed by atoms with van der Waals surface area (Å²) in [6, 6.07) is 20.4. The lowest BCUT2D eigenvalue weighted by atomic mass is 9.92. The van der Waals surface area contributed by atoms with Crippen LogP contribution in [0.1, 0.15) is 70.4 Å². The minimum atomic E-state index is -0.547. The van der Waals surface area contributed by atoms with Crippen molar-refractivity contribution in [3.05, 3.63) is 71.8 Å². The van der Waals surface area contributed by atoms with Crippen LogP contribution >= 0.6 is 0 Å². The van der Waals surface area contributed by atoms with Crippen LogP contribution in [0.4, 0.5) is 0 Å². The van der Waals surface area contributed by atoms with Gasteiger partial charge in [0.05, 0.1) is 19.3 Å². The van der Waals surface area contributed by atoms with Gasteiger partial charge in [0.2, 0.25) is 0 Å². The molecule has 0 unspecified atom stereocenters. The predicted octanol–water partition coefficient (Wildman–Crippen LogP) is 6.93. The molecule has 2 aromatic carbocycles. The molecular formula is C31H46O5. The molecule has 1 aliphatic rings. The van der Waals surface area contributed by atoms with E-state index in [9.17, 15) is 0 Å². The number of methoxy groups -OCH3 is 1. The van der Waals surface area contributed by atoms with Gasteiger partial charge >= 0.3 is 0 Å². The summed E-state index contributed by atoms with van der Waals surface area (Å²) in [6.07, 6.45) is 5.25. The van der Waals surface area contributed by atoms with Gasteiger partial charge in [0.15, 0.2) is 6.29 Å². The Labute approximate surface area is 218 Å². The smallest absolute Gasteiger partial charge is 0.187 e. The summed E-state index contributed by atoms with van der Waals surface area (Å²) in [4.78, 5) is 0. The zero-order valence-corrected chi connectivity index (χ0v) is 22.6. The standard InChI is InChI=1S/C31H46O5/c1-5-6-7-8-15-20-33-29-28(32-4)27(21-24(2)3)36-31(35-23-26-18-13-10-14-19-26)30(29)34-22-25-16-11-9-12-17-25/h9-14,16-19,24,27-31H,5-8,15,20-23H2,1-4H3/t27-,28-,29+,30-,31+/m1/s1. The highest BCUT2D eigenvalue weighted by molar-refractivity contribution is 5.14. The monoisotopic (exact) mass is 498 g/mol. The van der Waals surface area contributed by atoms with Gasteiger partial charge in [0.25, 0.3) is 0 Å². The van der Waals surface area contributed by atoms with Crippen molar-refractivity contribution in [2.24, 2.45) is 5.92 Å². The van der Waals surface area contributed by atoms with Crippen LogP contribution < -0.4 is 0 Å². The topological polar surface area (TPSA) is 46.2 Å². The third-order valence-electron chi connectivity index (χ3n) is 6.67. The Morgan fingerprint density at radius 3 is 1.92 bits per heavy atom. The lowest BCUT2D eigenvalue weighted by molar-refractivity contribution is -0.322. The summed E-state index contributed by atoms with van der Waals surface area (Å²) in [5.41, 5.74) is 2.21. The Kier molecular flexibility index (Phi) is 12.9. The molecule has 0 spiro atoms. The van der Waals surface area contributed by atoms with Crippen molar-refractivity contribution in [2.45, 2.75) is 103 Å². The highest BCUT2D eigenvalue weighted by atomic mass is 16.7. The minimum absolute atomic E-state index is 0.127. The summed E-state index contributed by atoms with van der Waals surface area (Å²) in [5, 5.41) is 0. The molecule has 36 heavy (non-hydrogen) atoms. The van der Waals surface area contributed by atoms with E-state index in [0.717, 1.165) is 24.0 Å². The third-order valence-corrected chi connectivity index (χ3v) is 6.67. The zero-order chi connectivity index (χ0) is 25.6. The first-order chi connectivity index (χ1) is 17.6. The molecule has 5 nitrogen and oxygen atoms in total. The maximum absolute atomic E-state index is 6.56. The van der Waals surface area contributed by atoms with Crippen molar-refractivity contribution in [3.8, 4) is 0 Å². The summed E-state index contributed by atoms with van der Waals surface area (Å²) in [5.74, 6) is 0.457. The number of rotatable bonds is 16. The van der Waals surface area contributed by atoms with Crippen LogP contribution in [0.15, 0.2) is 60.7 Å². The van der Waals surface area contributed by atoms with E-state index >= 15 is 0 Å². The van der Waals surface area contributed by atoms with E-state index in [1.54, 1.807) is 7.11 Å². The first kappa shape index (κ1) is 28.8. The van der Waals surface area contributed by atoms with Crippen LogP contribution in [0.2, 0.25) is 0 Å². The third kappa shape index (κ3) is 9.28. The minimum Gasteiger partial charge on any atom is -0.376 e. The molecule has 1 aliphatic heterocycles. The van der Waals surface area contributed by atoms with Gasteiger partial charge in [0.1, 0.15) is 18.3 Å². The molecule has 2 aromatic rings. The van der Waals surface area contributed by atoms with Gasteiger partial charge in [-0.05, 0) is 29.9 Å². The normalized spacial score (nSPS) is 24.3. The van der Waals surface area contributed by atoms with Gasteiger partial charge in [-0.25, -0.2) is 0 Å². The number of ether oxygens (including phenoxy) is 5. The molecule has 0 amide bonds. The predicted molar refractivity (Wildman–Crippen MR) is 144 cm³/mol. The fraction of sp³-hybridized carbons (Fsp3) is 0.613. The highest BCUT2D eigenvalue weighted by Gasteiger charge is 2.48. The molecule has 1 saturated heterocycles. The molecule has 0 saturated carbocycles. The van der Waals surface area contributed by atoms with Crippen molar-refractivity contribution in [1.29, 1.82) is 0 Å². The molecule has 1 fully saturated rings. The lowest BCUT2D eigenvalue weighted by Crippen LogP contribution is -2.60. The van der Waals surface area contributed by atoms with E-state index in [-0.39, 0.29) is 18.3 Å². The van der Waals surface area contributed by atoms with Crippen molar-refractivity contribution in [2.75, 3.05) is 13.7 Å². The molecule has 0 radical (unpaired) electrons. The number of unbranched alkanes of at least 4 members (excludes halogenated alkanes) is 4. The Morgan fingerprint density at radius 1 is 0.722 bits per heavy atom. The fourth-order valence-electron chi connectivity index (χ4n) is 4.76. The molecule has 5 atom stereocenters. The van der Waals surface area contributed by atoms with E-state index in [0.29, 0.717) is 25.7 Å². The Balaban J connectivity index is 1.77. The summed E-state index contributed by atoms with van der Waals surface area (Å²) < 4.78 is 32.0. The van der Waals surface area contributed by atoms with Crippen molar-refractivity contribution >= 4 is 0 Å². The highest BCUT2D eigenvalue weighted by Crippen LogP contribution is 2.32. The van der Waals surface area contributed by atoms with Gasteiger partial charge in [-0.15, -0.1) is 0 Å². The van der Waals surface area contributed by atoms with E-state index in [1.807, 2.05) is 36.4 Å². The Morgan fingerprint density at radius 2 is 1.33 bits per heavy atom. The Hall–Kier alpha value is -1.76. The van der Waals surface area contributed by atoms with Crippen molar-refractivity contribution in [3.63, 3.8) is 0 Å². The first-order valence-electron chi connectivity index (χ1n) is 13.7. The number of benzene rings is 2. The molecule has 0 aliphatic carbocycles. The second-order valence-electron chi connectivity index (χ2n) is 10.2. The van der Waals surface area contributed by atoms with E-state index in [1.165, 1.54) is 25.7 Å². The van der Waals surface area contributed by atoms with Crippen LogP contribution in [0, 0.1) is 5.92 Å². The van der Waals surface area contributed by atoms with Gasteiger partial charge in [-0.2, -0.15) is 0 Å². The molecule has 0 bridgehead atoms. The summed E-state index contributed by atoms with van der Waals surface area (Å²) >= 11 is 0. The van der Waals surface area contributed by atoms with E-state index in [2.05, 4.69) is 45.0 Å². The summed E-state index contributed by atoms with van der Waals surface area (Å²) in [7, 11) is 1.75. The van der Waals surface area contributed by atoms with Gasteiger partial charge < -0.3 is 23.7 Å². The maximum Gasteiger partial charge on any atom is 0.187 e. The van der Waals surface area contributed by atoms with Crippen LogP contribution in [0.5, 0.6) is 0 Å². The van der Waals surface area contributed by atoms with Crippen LogP contribution in [-0.2, 0) is 36.9 Å². The molecule has 200 valence electrons. The first-order valence-corrected chi connectivity index (χ1v) is 13.7. The molecule has 5 heteroatoms. The van der Waals surface area contributed by atoms with Crippen LogP contribution in [-0.4, -0.2) is 44.4 Å². The molecule has 3 rings (SSSR count). The van der Waals surface area contributed by atoms with E-state index < -0.39 is 12.4 Å². The quantitative estimate of drug-likeness (QED) is 0.235. The number of hydrogen-bond donors (Lipinski definition) is 0. The van der Waals surface area contributed by atoms with E-state index in [4.69, 9.17) is 23.7 Å². The fourth-order valence-corrected chi connectivity index (χ4v) is 4.76. The van der Waals surface area contributed by atoms with Crippen LogP contribution in [0.25, 0.3) is 0 Å². The molecule has 0 aromatic heterocycles. The second-order valence-corrected chi connectivity index (χ2v) is 10.2. The SMILES string of the molecule is CCCCCCCO[C@@H]1[C@@H](OCc2ccccc2)[C@@H](OCc2ccccc2)O[C@H](CC(C)C)[C@H]1OC. The Bertz CT molecular complexity index is 812. The van der Waals surface area contributed by atoms with Crippen LogP contribution in [0.3, 0.4) is 0 Å². The van der Waals surface area contributed by atoms with Crippen molar-refractivity contribution < 1.29 is 23.7 Å². The van der Waals surface area contributed by atoms with Crippen molar-refractivity contribution in [1.82, 2.24) is 0 Å².